The molecule has 2 nitrogen and oxygen atoms in total. The molecule has 2 rings (SSSR count). The summed E-state index contributed by atoms with van der Waals surface area (Å²) in [5.41, 5.74) is 6.92. The highest BCUT2D eigenvalue weighted by molar-refractivity contribution is 14.1. The number of Topliss-reactive ketones (excluding diaryl/α,β-unsaturated/α-hetero) is 1. The lowest BCUT2D eigenvalue weighted by Gasteiger charge is -2.29. The molecular formula is C15H20INO. The van der Waals surface area contributed by atoms with Crippen LogP contribution in [-0.4, -0.2) is 12.3 Å². The van der Waals surface area contributed by atoms with Crippen LogP contribution >= 0.6 is 22.6 Å². The van der Waals surface area contributed by atoms with E-state index in [0.717, 1.165) is 18.4 Å². The lowest BCUT2D eigenvalue weighted by molar-refractivity contribution is -0.124. The van der Waals surface area contributed by atoms with E-state index in [1.165, 1.54) is 16.4 Å². The van der Waals surface area contributed by atoms with E-state index in [4.69, 9.17) is 5.73 Å². The van der Waals surface area contributed by atoms with Gasteiger partial charge in [0.1, 0.15) is 5.78 Å². The van der Waals surface area contributed by atoms with E-state index in [1.54, 1.807) is 0 Å². The lowest BCUT2D eigenvalue weighted by atomic mass is 9.76. The van der Waals surface area contributed by atoms with Gasteiger partial charge < -0.3 is 5.73 Å². The van der Waals surface area contributed by atoms with E-state index in [0.29, 0.717) is 24.7 Å². The highest BCUT2D eigenvalue weighted by Gasteiger charge is 2.29. The van der Waals surface area contributed by atoms with Gasteiger partial charge in [0.05, 0.1) is 0 Å². The summed E-state index contributed by atoms with van der Waals surface area (Å²) < 4.78 is 1.21. The van der Waals surface area contributed by atoms with Crippen molar-refractivity contribution in [2.75, 3.05) is 6.54 Å². The number of hydrogen-bond donors (Lipinski definition) is 1. The molecule has 1 aromatic carbocycles. The molecule has 2 unspecified atom stereocenters. The van der Waals surface area contributed by atoms with E-state index in [9.17, 15) is 4.79 Å². The number of rotatable bonds is 4. The Morgan fingerprint density at radius 2 is 1.89 bits per heavy atom. The van der Waals surface area contributed by atoms with Crippen molar-refractivity contribution in [1.82, 2.24) is 0 Å². The van der Waals surface area contributed by atoms with Gasteiger partial charge in [0.25, 0.3) is 0 Å². The number of carbonyl (C=O) groups excluding carboxylic acids is 1. The van der Waals surface area contributed by atoms with Crippen molar-refractivity contribution in [3.63, 3.8) is 0 Å². The minimum absolute atomic E-state index is 0.197. The maximum absolute atomic E-state index is 12.4. The van der Waals surface area contributed by atoms with Gasteiger partial charge in [-0.3, -0.25) is 4.79 Å². The predicted molar refractivity (Wildman–Crippen MR) is 82.4 cm³/mol. The fourth-order valence-electron chi connectivity index (χ4n) is 2.85. The zero-order chi connectivity index (χ0) is 13.0. The van der Waals surface area contributed by atoms with E-state index in [-0.39, 0.29) is 5.92 Å². The molecule has 98 valence electrons. The van der Waals surface area contributed by atoms with Crippen LogP contribution in [0.4, 0.5) is 0 Å². The first-order chi connectivity index (χ1) is 8.70. The molecule has 2 N–H and O–H groups in total. The van der Waals surface area contributed by atoms with Gasteiger partial charge in [-0.15, -0.1) is 0 Å². The van der Waals surface area contributed by atoms with Crippen molar-refractivity contribution < 1.29 is 4.79 Å². The van der Waals surface area contributed by atoms with Gasteiger partial charge in [-0.2, -0.15) is 0 Å². The molecule has 0 saturated heterocycles. The first-order valence-electron chi connectivity index (χ1n) is 6.68. The average molecular weight is 357 g/mol. The van der Waals surface area contributed by atoms with Crippen LogP contribution in [-0.2, 0) is 11.2 Å². The summed E-state index contributed by atoms with van der Waals surface area (Å²) in [6, 6.07) is 8.23. The number of halogens is 1. The van der Waals surface area contributed by atoms with Crippen LogP contribution in [0.5, 0.6) is 0 Å². The maximum atomic E-state index is 12.4. The average Bonchev–Trinajstić information content (AvgIpc) is 2.41. The molecule has 18 heavy (non-hydrogen) atoms. The summed E-state index contributed by atoms with van der Waals surface area (Å²) in [7, 11) is 0. The molecule has 0 aliphatic heterocycles. The Bertz CT molecular complexity index is 401. The van der Waals surface area contributed by atoms with Crippen LogP contribution in [0.2, 0.25) is 0 Å². The van der Waals surface area contributed by atoms with Crippen molar-refractivity contribution in [3.05, 3.63) is 33.4 Å². The molecule has 1 aliphatic carbocycles. The summed E-state index contributed by atoms with van der Waals surface area (Å²) in [6.45, 7) is 0.656. The van der Waals surface area contributed by atoms with Crippen molar-refractivity contribution in [2.24, 2.45) is 17.6 Å². The molecular weight excluding hydrogens is 337 g/mol. The van der Waals surface area contributed by atoms with Gasteiger partial charge in [0, 0.05) is 15.9 Å². The number of carbonyl (C=O) groups is 1. The lowest BCUT2D eigenvalue weighted by Crippen LogP contribution is -2.33. The SMILES string of the molecule is NCC1CCCCC1C(=O)Cc1ccc(I)cc1. The third-order valence-corrected chi connectivity index (χ3v) is 4.64. The van der Waals surface area contributed by atoms with Crippen LogP contribution in [0, 0.1) is 15.4 Å². The standard InChI is InChI=1S/C15H20INO/c16-13-7-5-11(6-8-13)9-15(18)14-4-2-1-3-12(14)10-17/h5-8,12,14H,1-4,9-10,17H2. The number of nitrogens with two attached hydrogens (primary N) is 1. The number of ketones is 1. The van der Waals surface area contributed by atoms with Crippen LogP contribution in [0.25, 0.3) is 0 Å². The summed E-state index contributed by atoms with van der Waals surface area (Å²) >= 11 is 2.28. The second kappa shape index (κ2) is 6.66. The maximum Gasteiger partial charge on any atom is 0.140 e. The smallest absolute Gasteiger partial charge is 0.140 e. The summed E-state index contributed by atoms with van der Waals surface area (Å²) in [5.74, 6) is 0.990. The molecule has 0 aromatic heterocycles. The van der Waals surface area contributed by atoms with Crippen molar-refractivity contribution >= 4 is 28.4 Å². The molecule has 0 amide bonds. The molecule has 1 saturated carbocycles. The van der Waals surface area contributed by atoms with E-state index < -0.39 is 0 Å². The predicted octanol–water partition coefficient (Wildman–Crippen LogP) is 3.17. The zero-order valence-electron chi connectivity index (χ0n) is 10.6. The summed E-state index contributed by atoms with van der Waals surface area (Å²) in [4.78, 5) is 12.4. The monoisotopic (exact) mass is 357 g/mol. The zero-order valence-corrected chi connectivity index (χ0v) is 12.7. The molecule has 0 bridgehead atoms. The minimum Gasteiger partial charge on any atom is -0.330 e. The first-order valence-corrected chi connectivity index (χ1v) is 7.76. The Balaban J connectivity index is 2.00. The second-order valence-electron chi connectivity index (χ2n) is 5.16. The third-order valence-electron chi connectivity index (χ3n) is 3.92. The minimum atomic E-state index is 0.197. The van der Waals surface area contributed by atoms with Gasteiger partial charge in [-0.05, 0) is 65.6 Å². The molecule has 0 spiro atoms. The molecule has 3 heteroatoms. The van der Waals surface area contributed by atoms with Crippen molar-refractivity contribution in [3.8, 4) is 0 Å². The normalized spacial score (nSPS) is 23.9. The Hall–Kier alpha value is -0.420. The largest absolute Gasteiger partial charge is 0.330 e. The fraction of sp³-hybridized carbons (Fsp3) is 0.533. The van der Waals surface area contributed by atoms with Crippen LogP contribution in [0.3, 0.4) is 0 Å². The molecule has 1 aromatic rings. The topological polar surface area (TPSA) is 43.1 Å². The van der Waals surface area contributed by atoms with E-state index in [2.05, 4.69) is 46.9 Å². The molecule has 1 aliphatic rings. The van der Waals surface area contributed by atoms with Crippen molar-refractivity contribution in [2.45, 2.75) is 32.1 Å². The first kappa shape index (κ1) is 14.0. The van der Waals surface area contributed by atoms with Crippen LogP contribution in [0.15, 0.2) is 24.3 Å². The van der Waals surface area contributed by atoms with Gasteiger partial charge >= 0.3 is 0 Å². The Morgan fingerprint density at radius 3 is 2.56 bits per heavy atom. The number of hydrogen-bond acceptors (Lipinski definition) is 2. The summed E-state index contributed by atoms with van der Waals surface area (Å²) in [5, 5.41) is 0. The highest BCUT2D eigenvalue weighted by atomic mass is 127. The second-order valence-corrected chi connectivity index (χ2v) is 6.40. The van der Waals surface area contributed by atoms with Gasteiger partial charge in [0.15, 0.2) is 0 Å². The molecule has 0 heterocycles. The highest BCUT2D eigenvalue weighted by Crippen LogP contribution is 2.30. The Kier molecular flexibility index (Phi) is 5.18. The molecule has 1 fully saturated rings. The van der Waals surface area contributed by atoms with Crippen LogP contribution in [0.1, 0.15) is 31.2 Å². The quantitative estimate of drug-likeness (QED) is 0.842. The Labute approximate surface area is 122 Å². The third kappa shape index (κ3) is 3.54. The number of benzene rings is 1. The molecule has 2 atom stereocenters. The summed E-state index contributed by atoms with van der Waals surface area (Å²) in [6.07, 6.45) is 5.14. The van der Waals surface area contributed by atoms with Crippen LogP contribution < -0.4 is 5.73 Å². The fourth-order valence-corrected chi connectivity index (χ4v) is 3.21. The Morgan fingerprint density at radius 1 is 1.22 bits per heavy atom. The van der Waals surface area contributed by atoms with Crippen molar-refractivity contribution in [1.29, 1.82) is 0 Å². The molecule has 0 radical (unpaired) electrons. The van der Waals surface area contributed by atoms with Gasteiger partial charge in [-0.25, -0.2) is 0 Å². The van der Waals surface area contributed by atoms with E-state index >= 15 is 0 Å². The van der Waals surface area contributed by atoms with E-state index in [1.807, 2.05) is 0 Å². The van der Waals surface area contributed by atoms with Gasteiger partial charge in [0.2, 0.25) is 0 Å². The van der Waals surface area contributed by atoms with Gasteiger partial charge in [-0.1, -0.05) is 25.0 Å².